The van der Waals surface area contributed by atoms with Crippen LogP contribution in [0.25, 0.3) is 0 Å². The number of primary amides is 1. The van der Waals surface area contributed by atoms with Gasteiger partial charge in [0.25, 0.3) is 0 Å². The Morgan fingerprint density at radius 3 is 1.88 bits per heavy atom. The standard InChI is InChI=1S/C18H28N6O2/c1-3-13(17-20-9-10-21-17)24(14(4-2)18-22-11-12-23-18)16(26)8-6-5-7-15(19)25/h9-14H,3-8H2,1-2H3,(H2,19,25)(H,20,21)(H,22,23). The normalized spacial score (nSPS) is 13.3. The largest absolute Gasteiger partial charge is 0.370 e. The van der Waals surface area contributed by atoms with Gasteiger partial charge in [-0.1, -0.05) is 13.8 Å². The van der Waals surface area contributed by atoms with Crippen LogP contribution in [0.4, 0.5) is 0 Å². The molecule has 8 nitrogen and oxygen atoms in total. The van der Waals surface area contributed by atoms with Gasteiger partial charge in [-0.05, 0) is 25.7 Å². The van der Waals surface area contributed by atoms with E-state index in [1.807, 2.05) is 18.7 Å². The Morgan fingerprint density at radius 2 is 1.50 bits per heavy atom. The highest BCUT2D eigenvalue weighted by molar-refractivity contribution is 5.77. The molecule has 2 heterocycles. The molecule has 0 spiro atoms. The number of nitrogens with zero attached hydrogens (tertiary/aromatic N) is 3. The van der Waals surface area contributed by atoms with Crippen LogP contribution in [-0.2, 0) is 9.59 Å². The maximum absolute atomic E-state index is 13.1. The summed E-state index contributed by atoms with van der Waals surface area (Å²) in [7, 11) is 0. The van der Waals surface area contributed by atoms with Crippen LogP contribution >= 0.6 is 0 Å². The third-order valence-corrected chi connectivity index (χ3v) is 4.47. The summed E-state index contributed by atoms with van der Waals surface area (Å²) in [4.78, 5) is 40.9. The van der Waals surface area contributed by atoms with Crippen molar-refractivity contribution >= 4 is 11.8 Å². The van der Waals surface area contributed by atoms with Crippen LogP contribution in [0, 0.1) is 0 Å². The second-order valence-corrected chi connectivity index (χ2v) is 6.27. The first kappa shape index (κ1) is 19.7. The maximum atomic E-state index is 13.1. The van der Waals surface area contributed by atoms with Gasteiger partial charge in [-0.15, -0.1) is 0 Å². The highest BCUT2D eigenvalue weighted by Gasteiger charge is 2.33. The Hall–Kier alpha value is -2.64. The molecule has 0 aliphatic heterocycles. The topological polar surface area (TPSA) is 121 Å². The summed E-state index contributed by atoms with van der Waals surface area (Å²) in [5, 5.41) is 0. The Labute approximate surface area is 153 Å². The van der Waals surface area contributed by atoms with Gasteiger partial charge in [-0.25, -0.2) is 9.97 Å². The molecule has 2 aromatic rings. The van der Waals surface area contributed by atoms with Crippen LogP contribution < -0.4 is 5.73 Å². The van der Waals surface area contributed by atoms with E-state index in [1.54, 1.807) is 24.8 Å². The first-order valence-corrected chi connectivity index (χ1v) is 9.16. The first-order chi connectivity index (χ1) is 12.6. The quantitative estimate of drug-likeness (QED) is 0.533. The van der Waals surface area contributed by atoms with Crippen molar-refractivity contribution in [3.63, 3.8) is 0 Å². The number of nitrogens with two attached hydrogens (primary N) is 1. The highest BCUT2D eigenvalue weighted by Crippen LogP contribution is 2.33. The number of amides is 2. The number of aromatic amines is 2. The predicted octanol–water partition coefficient (Wildman–Crippen LogP) is 2.61. The summed E-state index contributed by atoms with van der Waals surface area (Å²) in [6.07, 6.45) is 10.3. The summed E-state index contributed by atoms with van der Waals surface area (Å²) < 4.78 is 0. The van der Waals surface area contributed by atoms with Gasteiger partial charge >= 0.3 is 0 Å². The summed E-state index contributed by atoms with van der Waals surface area (Å²) in [6, 6.07) is -0.326. The van der Waals surface area contributed by atoms with Crippen LogP contribution in [0.15, 0.2) is 24.8 Å². The van der Waals surface area contributed by atoms with Crippen molar-refractivity contribution in [1.29, 1.82) is 0 Å². The minimum absolute atomic E-state index is 0.0287. The van der Waals surface area contributed by atoms with Crippen molar-refractivity contribution in [1.82, 2.24) is 24.8 Å². The lowest BCUT2D eigenvalue weighted by Crippen LogP contribution is -2.38. The van der Waals surface area contributed by atoms with Gasteiger partial charge in [0.05, 0.1) is 12.1 Å². The molecule has 4 N–H and O–H groups in total. The van der Waals surface area contributed by atoms with E-state index in [1.165, 1.54) is 0 Å². The fraction of sp³-hybridized carbons (Fsp3) is 0.556. The third-order valence-electron chi connectivity index (χ3n) is 4.47. The summed E-state index contributed by atoms with van der Waals surface area (Å²) >= 11 is 0. The van der Waals surface area contributed by atoms with Crippen LogP contribution in [0.1, 0.15) is 76.1 Å². The molecule has 0 fully saturated rings. The molecule has 0 saturated heterocycles. The minimum Gasteiger partial charge on any atom is -0.370 e. The van der Waals surface area contributed by atoms with Crippen molar-refractivity contribution in [2.45, 2.75) is 64.5 Å². The SMILES string of the molecule is CCC(c1ncc[nH]1)N(C(=O)CCCCC(N)=O)C(CC)c1ncc[nH]1. The second kappa shape index (κ2) is 9.74. The smallest absolute Gasteiger partial charge is 0.223 e. The van der Waals surface area contributed by atoms with Crippen molar-refractivity contribution in [2.75, 3.05) is 0 Å². The average molecular weight is 360 g/mol. The third kappa shape index (κ3) is 4.93. The molecular formula is C18H28N6O2. The molecule has 142 valence electrons. The van der Waals surface area contributed by atoms with E-state index in [0.717, 1.165) is 24.5 Å². The molecule has 26 heavy (non-hydrogen) atoms. The molecule has 0 aromatic carbocycles. The van der Waals surface area contributed by atoms with Gasteiger partial charge in [0.1, 0.15) is 11.6 Å². The fourth-order valence-electron chi connectivity index (χ4n) is 3.23. The molecule has 0 bridgehead atoms. The maximum Gasteiger partial charge on any atom is 0.223 e. The molecule has 0 radical (unpaired) electrons. The monoisotopic (exact) mass is 360 g/mol. The van der Waals surface area contributed by atoms with Crippen molar-refractivity contribution in [2.24, 2.45) is 5.73 Å². The van der Waals surface area contributed by atoms with Crippen LogP contribution in [0.5, 0.6) is 0 Å². The fourth-order valence-corrected chi connectivity index (χ4v) is 3.23. The van der Waals surface area contributed by atoms with E-state index >= 15 is 0 Å². The number of imidazole rings is 2. The van der Waals surface area contributed by atoms with Gasteiger partial charge in [0, 0.05) is 37.6 Å². The van der Waals surface area contributed by atoms with Gasteiger partial charge in [0.15, 0.2) is 0 Å². The van der Waals surface area contributed by atoms with Crippen LogP contribution in [0.2, 0.25) is 0 Å². The minimum atomic E-state index is -0.335. The summed E-state index contributed by atoms with van der Waals surface area (Å²) in [5.41, 5.74) is 5.18. The van der Waals surface area contributed by atoms with Crippen LogP contribution in [0.3, 0.4) is 0 Å². The molecule has 2 amide bonds. The average Bonchev–Trinajstić information content (AvgIpc) is 3.32. The zero-order valence-electron chi connectivity index (χ0n) is 15.4. The molecule has 0 saturated carbocycles. The number of aromatic nitrogens is 4. The second-order valence-electron chi connectivity index (χ2n) is 6.27. The van der Waals surface area contributed by atoms with Gasteiger partial charge < -0.3 is 20.6 Å². The molecule has 2 atom stereocenters. The molecule has 2 unspecified atom stereocenters. The number of hydrogen-bond acceptors (Lipinski definition) is 4. The summed E-state index contributed by atoms with van der Waals surface area (Å²) in [5.74, 6) is 1.23. The number of H-pyrrole nitrogens is 2. The molecule has 0 aliphatic carbocycles. The number of unbranched alkanes of at least 4 members (excludes halogenated alkanes) is 1. The summed E-state index contributed by atoms with van der Waals surface area (Å²) in [6.45, 7) is 4.07. The lowest BCUT2D eigenvalue weighted by Gasteiger charge is -2.36. The Kier molecular flexibility index (Phi) is 7.37. The Morgan fingerprint density at radius 1 is 1.00 bits per heavy atom. The number of rotatable bonds is 11. The van der Waals surface area contributed by atoms with Crippen molar-refractivity contribution in [3.8, 4) is 0 Å². The first-order valence-electron chi connectivity index (χ1n) is 9.16. The zero-order chi connectivity index (χ0) is 18.9. The lowest BCUT2D eigenvalue weighted by molar-refractivity contribution is -0.137. The molecule has 2 aromatic heterocycles. The van der Waals surface area contributed by atoms with Gasteiger partial charge in [-0.2, -0.15) is 0 Å². The predicted molar refractivity (Wildman–Crippen MR) is 97.7 cm³/mol. The number of carbonyl (C=O) groups excluding carboxylic acids is 2. The molecule has 8 heteroatoms. The number of nitrogens with one attached hydrogen (secondary N) is 2. The van der Waals surface area contributed by atoms with E-state index in [9.17, 15) is 9.59 Å². The van der Waals surface area contributed by atoms with E-state index in [4.69, 9.17) is 5.73 Å². The zero-order valence-corrected chi connectivity index (χ0v) is 15.4. The van der Waals surface area contributed by atoms with Crippen molar-refractivity contribution < 1.29 is 9.59 Å². The van der Waals surface area contributed by atoms with Crippen LogP contribution in [-0.4, -0.2) is 36.7 Å². The highest BCUT2D eigenvalue weighted by atomic mass is 16.2. The van der Waals surface area contributed by atoms with E-state index in [2.05, 4.69) is 19.9 Å². The van der Waals surface area contributed by atoms with E-state index in [-0.39, 0.29) is 23.9 Å². The molecule has 0 aliphatic rings. The molecular weight excluding hydrogens is 332 g/mol. The van der Waals surface area contributed by atoms with E-state index in [0.29, 0.717) is 25.7 Å². The number of hydrogen-bond donors (Lipinski definition) is 3. The van der Waals surface area contributed by atoms with E-state index < -0.39 is 0 Å². The number of carbonyl (C=O) groups is 2. The van der Waals surface area contributed by atoms with Gasteiger partial charge in [-0.3, -0.25) is 9.59 Å². The lowest BCUT2D eigenvalue weighted by atomic mass is 10.0. The Bertz CT molecular complexity index is 626. The van der Waals surface area contributed by atoms with Crippen molar-refractivity contribution in [3.05, 3.63) is 36.4 Å². The Balaban J connectivity index is 2.22. The molecule has 2 rings (SSSR count). The van der Waals surface area contributed by atoms with Gasteiger partial charge in [0.2, 0.25) is 11.8 Å².